The molecule has 1 aromatic heterocycles. The maximum Gasteiger partial charge on any atom is 0.155 e. The fourth-order valence-corrected chi connectivity index (χ4v) is 3.51. The van der Waals surface area contributed by atoms with Crippen molar-refractivity contribution in [2.45, 2.75) is 76.3 Å². The Hall–Kier alpha value is -1.52. The van der Waals surface area contributed by atoms with Crippen molar-refractivity contribution in [2.75, 3.05) is 16.4 Å². The molecule has 21 heavy (non-hydrogen) atoms. The number of nitrogens with two attached hydrogens (primary N) is 1. The molecule has 2 saturated carbocycles. The van der Waals surface area contributed by atoms with Crippen LogP contribution in [-0.4, -0.2) is 22.1 Å². The molecule has 0 saturated heterocycles. The molecule has 0 bridgehead atoms. The van der Waals surface area contributed by atoms with Crippen LogP contribution in [0.15, 0.2) is 6.33 Å². The van der Waals surface area contributed by atoms with Crippen LogP contribution >= 0.6 is 0 Å². The molecule has 5 nitrogen and oxygen atoms in total. The van der Waals surface area contributed by atoms with Gasteiger partial charge in [0.05, 0.1) is 0 Å². The van der Waals surface area contributed by atoms with Crippen LogP contribution in [0.2, 0.25) is 0 Å². The topological polar surface area (TPSA) is 75.9 Å². The van der Waals surface area contributed by atoms with Gasteiger partial charge < -0.3 is 16.4 Å². The summed E-state index contributed by atoms with van der Waals surface area (Å²) < 4.78 is 0. The van der Waals surface area contributed by atoms with E-state index in [-0.39, 0.29) is 0 Å². The molecule has 3 rings (SSSR count). The summed E-state index contributed by atoms with van der Waals surface area (Å²) in [5.74, 6) is 1.60. The summed E-state index contributed by atoms with van der Waals surface area (Å²) in [4.78, 5) is 8.68. The number of nitrogen functional groups attached to an aromatic ring is 1. The highest BCUT2D eigenvalue weighted by Gasteiger charge is 2.18. The van der Waals surface area contributed by atoms with Crippen molar-refractivity contribution in [3.05, 3.63) is 6.33 Å². The first kappa shape index (κ1) is 14.4. The first-order chi connectivity index (χ1) is 10.3. The largest absolute Gasteiger partial charge is 0.393 e. The quantitative estimate of drug-likeness (QED) is 0.790. The molecule has 2 aliphatic carbocycles. The number of rotatable bonds is 4. The van der Waals surface area contributed by atoms with Crippen molar-refractivity contribution in [3.8, 4) is 0 Å². The molecular formula is C16H27N5. The fraction of sp³-hybridized carbons (Fsp3) is 0.750. The lowest BCUT2D eigenvalue weighted by Gasteiger charge is -2.26. The minimum absolute atomic E-state index is 0.512. The van der Waals surface area contributed by atoms with Crippen molar-refractivity contribution in [1.29, 1.82) is 0 Å². The highest BCUT2D eigenvalue weighted by molar-refractivity contribution is 5.74. The van der Waals surface area contributed by atoms with Crippen LogP contribution in [0.5, 0.6) is 0 Å². The molecule has 0 radical (unpaired) electrons. The van der Waals surface area contributed by atoms with Crippen molar-refractivity contribution in [2.24, 2.45) is 0 Å². The first-order valence-corrected chi connectivity index (χ1v) is 8.46. The maximum absolute atomic E-state index is 6.27. The van der Waals surface area contributed by atoms with Gasteiger partial charge in [-0.2, -0.15) is 0 Å². The lowest BCUT2D eigenvalue weighted by atomic mass is 9.95. The maximum atomic E-state index is 6.27. The number of anilines is 3. The highest BCUT2D eigenvalue weighted by Crippen LogP contribution is 2.29. The van der Waals surface area contributed by atoms with E-state index in [4.69, 9.17) is 5.73 Å². The third kappa shape index (κ3) is 3.77. The molecule has 1 heterocycles. The summed E-state index contributed by atoms with van der Waals surface area (Å²) in [6.45, 7) is 0. The zero-order chi connectivity index (χ0) is 14.5. The molecule has 5 heteroatoms. The van der Waals surface area contributed by atoms with E-state index in [1.165, 1.54) is 64.2 Å². The van der Waals surface area contributed by atoms with Gasteiger partial charge in [-0.25, -0.2) is 9.97 Å². The third-order valence-corrected chi connectivity index (χ3v) is 4.78. The molecule has 116 valence electrons. The van der Waals surface area contributed by atoms with Crippen LogP contribution in [0.25, 0.3) is 0 Å². The molecule has 0 unspecified atom stereocenters. The number of hydrogen-bond acceptors (Lipinski definition) is 5. The zero-order valence-corrected chi connectivity index (χ0v) is 12.8. The Morgan fingerprint density at radius 3 is 1.62 bits per heavy atom. The first-order valence-electron chi connectivity index (χ1n) is 8.46. The molecular weight excluding hydrogens is 262 g/mol. The van der Waals surface area contributed by atoms with E-state index in [9.17, 15) is 0 Å². The fourth-order valence-electron chi connectivity index (χ4n) is 3.51. The van der Waals surface area contributed by atoms with Crippen LogP contribution in [0, 0.1) is 0 Å². The van der Waals surface area contributed by atoms with Crippen LogP contribution in [0.4, 0.5) is 17.3 Å². The van der Waals surface area contributed by atoms with E-state index in [0.717, 1.165) is 11.6 Å². The Labute approximate surface area is 127 Å². The standard InChI is InChI=1S/C16H27N5/c17-14-15(20-12-7-3-1-4-8-12)18-11-19-16(14)21-13-9-5-2-6-10-13/h11-13H,1-10,17H2,(H2,18,19,20,21). The minimum atomic E-state index is 0.512. The lowest BCUT2D eigenvalue weighted by molar-refractivity contribution is 0.460. The van der Waals surface area contributed by atoms with E-state index in [1.54, 1.807) is 6.33 Å². The molecule has 2 aliphatic rings. The highest BCUT2D eigenvalue weighted by atomic mass is 15.1. The monoisotopic (exact) mass is 289 g/mol. The van der Waals surface area contributed by atoms with Gasteiger partial charge in [0.2, 0.25) is 0 Å². The third-order valence-electron chi connectivity index (χ3n) is 4.78. The Bertz CT molecular complexity index is 412. The minimum Gasteiger partial charge on any atom is -0.393 e. The summed E-state index contributed by atoms with van der Waals surface area (Å²) in [6, 6.07) is 1.02. The summed E-state index contributed by atoms with van der Waals surface area (Å²) in [5.41, 5.74) is 6.94. The summed E-state index contributed by atoms with van der Waals surface area (Å²) >= 11 is 0. The summed E-state index contributed by atoms with van der Waals surface area (Å²) in [6.07, 6.45) is 14.4. The van der Waals surface area contributed by atoms with Gasteiger partial charge in [-0.1, -0.05) is 38.5 Å². The van der Waals surface area contributed by atoms with Crippen LogP contribution in [0.1, 0.15) is 64.2 Å². The van der Waals surface area contributed by atoms with E-state index >= 15 is 0 Å². The zero-order valence-electron chi connectivity index (χ0n) is 12.8. The van der Waals surface area contributed by atoms with Gasteiger partial charge in [-0.3, -0.25) is 0 Å². The van der Waals surface area contributed by atoms with Crippen LogP contribution < -0.4 is 16.4 Å². The number of hydrogen-bond donors (Lipinski definition) is 3. The van der Waals surface area contributed by atoms with Gasteiger partial charge in [0.25, 0.3) is 0 Å². The van der Waals surface area contributed by atoms with Crippen molar-refractivity contribution >= 4 is 17.3 Å². The molecule has 0 aliphatic heterocycles. The van der Waals surface area contributed by atoms with Gasteiger partial charge in [-0.15, -0.1) is 0 Å². The molecule has 0 atom stereocenters. The van der Waals surface area contributed by atoms with E-state index in [2.05, 4.69) is 20.6 Å². The van der Waals surface area contributed by atoms with E-state index < -0.39 is 0 Å². The second kappa shape index (κ2) is 6.96. The van der Waals surface area contributed by atoms with Gasteiger partial charge in [0.1, 0.15) is 12.0 Å². The predicted octanol–water partition coefficient (Wildman–Crippen LogP) is 3.55. The predicted molar refractivity (Wildman–Crippen MR) is 87.4 cm³/mol. The van der Waals surface area contributed by atoms with Gasteiger partial charge in [0.15, 0.2) is 11.6 Å². The van der Waals surface area contributed by atoms with Crippen LogP contribution in [0.3, 0.4) is 0 Å². The van der Waals surface area contributed by atoms with Crippen molar-refractivity contribution < 1.29 is 0 Å². The number of aromatic nitrogens is 2. The second-order valence-corrected chi connectivity index (χ2v) is 6.44. The summed E-state index contributed by atoms with van der Waals surface area (Å²) in [7, 11) is 0. The SMILES string of the molecule is Nc1c(NC2CCCCC2)ncnc1NC1CCCCC1. The van der Waals surface area contributed by atoms with Gasteiger partial charge >= 0.3 is 0 Å². The Balaban J connectivity index is 1.65. The Morgan fingerprint density at radius 2 is 1.19 bits per heavy atom. The van der Waals surface area contributed by atoms with Crippen LogP contribution in [-0.2, 0) is 0 Å². The van der Waals surface area contributed by atoms with Crippen molar-refractivity contribution in [1.82, 2.24) is 9.97 Å². The molecule has 0 amide bonds. The Morgan fingerprint density at radius 1 is 0.762 bits per heavy atom. The molecule has 0 aromatic carbocycles. The lowest BCUT2D eigenvalue weighted by Crippen LogP contribution is -2.26. The van der Waals surface area contributed by atoms with Gasteiger partial charge in [0, 0.05) is 12.1 Å². The van der Waals surface area contributed by atoms with Gasteiger partial charge in [-0.05, 0) is 25.7 Å². The molecule has 2 fully saturated rings. The molecule has 4 N–H and O–H groups in total. The molecule has 0 spiro atoms. The molecule has 1 aromatic rings. The average Bonchev–Trinajstić information content (AvgIpc) is 2.53. The second-order valence-electron chi connectivity index (χ2n) is 6.44. The smallest absolute Gasteiger partial charge is 0.155 e. The number of nitrogens with one attached hydrogen (secondary N) is 2. The average molecular weight is 289 g/mol. The summed E-state index contributed by atoms with van der Waals surface area (Å²) in [5, 5.41) is 7.02. The normalized spacial score (nSPS) is 21.1. The van der Waals surface area contributed by atoms with Crippen molar-refractivity contribution in [3.63, 3.8) is 0 Å². The number of nitrogens with zero attached hydrogens (tertiary/aromatic N) is 2. The van der Waals surface area contributed by atoms with E-state index in [1.807, 2.05) is 0 Å². The van der Waals surface area contributed by atoms with E-state index in [0.29, 0.717) is 17.8 Å². The Kier molecular flexibility index (Phi) is 4.78.